The summed E-state index contributed by atoms with van der Waals surface area (Å²) in [4.78, 5) is 49.8. The summed E-state index contributed by atoms with van der Waals surface area (Å²) in [6.07, 6.45) is 0.306. The van der Waals surface area contributed by atoms with Crippen LogP contribution in [0.15, 0.2) is 34.3 Å². The number of carbonyl (C=O) groups is 4. The SMILES string of the molecule is O=C1NCCOCCOCCNC(=O)c2ccc([n+](O)c2[S-])C(=O)NCCCNC(=O)c2ccc1c([S-])[n+]2O.[Cu+2]. The van der Waals surface area contributed by atoms with Crippen molar-refractivity contribution in [2.75, 3.05) is 52.6 Å². The van der Waals surface area contributed by atoms with Crippen molar-refractivity contribution in [1.29, 1.82) is 0 Å². The van der Waals surface area contributed by atoms with E-state index in [1.807, 2.05) is 0 Å². The largest absolute Gasteiger partial charge is 2.00 e. The molecule has 4 amide bonds. The van der Waals surface area contributed by atoms with Crippen LogP contribution in [0.2, 0.25) is 0 Å². The van der Waals surface area contributed by atoms with Crippen molar-refractivity contribution in [3.05, 3.63) is 46.8 Å². The van der Waals surface area contributed by atoms with Crippen LogP contribution in [0.3, 0.4) is 0 Å². The zero-order valence-electron chi connectivity index (χ0n) is 21.0. The average molecular weight is 644 g/mol. The van der Waals surface area contributed by atoms with Crippen LogP contribution in [0, 0.1) is 0 Å². The van der Waals surface area contributed by atoms with Crippen LogP contribution in [0.25, 0.3) is 0 Å². The van der Waals surface area contributed by atoms with Gasteiger partial charge in [-0.1, -0.05) is 0 Å². The minimum atomic E-state index is -0.646. The van der Waals surface area contributed by atoms with Gasteiger partial charge in [-0.15, -0.1) is 0 Å². The number of ether oxygens (including phenoxy) is 2. The number of nitrogens with one attached hydrogen (secondary N) is 4. The molecule has 5 rings (SSSR count). The molecule has 2 aromatic heterocycles. The number of pyridine rings is 2. The van der Waals surface area contributed by atoms with Gasteiger partial charge in [0.15, 0.2) is 0 Å². The number of fused-ring (bicyclic) bond motifs is 2. The monoisotopic (exact) mass is 643 g/mol. The Morgan fingerprint density at radius 1 is 0.600 bits per heavy atom. The second kappa shape index (κ2) is 16.1. The maximum atomic E-state index is 12.5. The summed E-state index contributed by atoms with van der Waals surface area (Å²) < 4.78 is 11.7. The fraction of sp³-hybridized carbons (Fsp3) is 0.391. The molecule has 0 unspecified atom stereocenters. The van der Waals surface area contributed by atoms with E-state index in [1.165, 1.54) is 24.3 Å². The summed E-state index contributed by atoms with van der Waals surface area (Å²) in [5.74, 6) is -2.38. The van der Waals surface area contributed by atoms with Gasteiger partial charge in [0.1, 0.15) is 10.1 Å². The molecule has 4 bridgehead atoms. The Hall–Kier alpha value is -3.34. The molecule has 0 saturated carbocycles. The van der Waals surface area contributed by atoms with Crippen LogP contribution >= 0.6 is 0 Å². The second-order valence-corrected chi connectivity index (χ2v) is 8.87. The van der Waals surface area contributed by atoms with E-state index in [4.69, 9.17) is 34.7 Å². The van der Waals surface area contributed by atoms with Crippen molar-refractivity contribution >= 4 is 48.9 Å². The maximum Gasteiger partial charge on any atom is 2.00 e. The fourth-order valence-electron chi connectivity index (χ4n) is 3.40. The second-order valence-electron chi connectivity index (χ2n) is 8.10. The van der Waals surface area contributed by atoms with Gasteiger partial charge in [0, 0.05) is 38.3 Å². The van der Waals surface area contributed by atoms with Crippen LogP contribution < -0.4 is 30.7 Å². The summed E-state index contributed by atoms with van der Waals surface area (Å²) in [5.41, 5.74) is -0.342. The van der Waals surface area contributed by atoms with E-state index in [2.05, 4.69) is 21.3 Å². The van der Waals surface area contributed by atoms with Gasteiger partial charge in [0.2, 0.25) is 0 Å². The van der Waals surface area contributed by atoms with Crippen molar-refractivity contribution in [1.82, 2.24) is 21.3 Å². The first-order chi connectivity index (χ1) is 18.7. The number of aromatic nitrogens is 2. The Morgan fingerprint density at radius 2 is 0.975 bits per heavy atom. The van der Waals surface area contributed by atoms with Gasteiger partial charge < -0.3 is 56.0 Å². The van der Waals surface area contributed by atoms with Gasteiger partial charge in [0.25, 0.3) is 11.8 Å². The predicted octanol–water partition coefficient (Wildman–Crippen LogP) is -2.40. The Kier molecular flexibility index (Phi) is 13.2. The number of nitrogens with zero attached hydrogens (tertiary/aromatic N) is 2. The van der Waals surface area contributed by atoms with Crippen molar-refractivity contribution in [3.63, 3.8) is 0 Å². The molecular formula is C23H28CuN6O8S2+2. The Morgan fingerprint density at radius 3 is 1.38 bits per heavy atom. The third-order valence-corrected chi connectivity index (χ3v) is 6.22. The van der Waals surface area contributed by atoms with Crippen LogP contribution in [-0.2, 0) is 51.8 Å². The number of rotatable bonds is 0. The molecule has 14 nitrogen and oxygen atoms in total. The Bertz CT molecular complexity index is 1160. The molecular weight excluding hydrogens is 616 g/mol. The molecule has 219 valence electrons. The molecule has 0 atom stereocenters. The van der Waals surface area contributed by atoms with Gasteiger partial charge in [-0.05, 0) is 28.0 Å². The molecule has 0 fully saturated rings. The van der Waals surface area contributed by atoms with E-state index in [0.29, 0.717) is 15.9 Å². The third kappa shape index (κ3) is 8.58. The maximum absolute atomic E-state index is 12.5. The molecule has 0 saturated heterocycles. The van der Waals surface area contributed by atoms with Crippen LogP contribution in [0.4, 0.5) is 0 Å². The van der Waals surface area contributed by atoms with E-state index in [9.17, 15) is 29.6 Å². The first-order valence-electron chi connectivity index (χ1n) is 11.9. The van der Waals surface area contributed by atoms with Gasteiger partial charge in [-0.2, -0.15) is 0 Å². The number of hydrogen-bond donors (Lipinski definition) is 6. The molecule has 5 heterocycles. The summed E-state index contributed by atoms with van der Waals surface area (Å²) in [7, 11) is 0. The van der Waals surface area contributed by atoms with Gasteiger partial charge in [0.05, 0.1) is 37.6 Å². The van der Waals surface area contributed by atoms with Gasteiger partial charge in [-0.3, -0.25) is 29.6 Å². The van der Waals surface area contributed by atoms with Gasteiger partial charge >= 0.3 is 40.3 Å². The molecule has 1 radical (unpaired) electrons. The molecule has 3 aliphatic heterocycles. The van der Waals surface area contributed by atoms with E-state index in [-0.39, 0.29) is 102 Å². The van der Waals surface area contributed by atoms with Crippen LogP contribution in [-0.4, -0.2) is 86.6 Å². The number of amides is 4. The molecule has 0 aliphatic carbocycles. The molecule has 0 aromatic carbocycles. The molecule has 0 spiro atoms. The van der Waals surface area contributed by atoms with Crippen molar-refractivity contribution in [3.8, 4) is 0 Å². The minimum Gasteiger partial charge on any atom is -0.705 e. The smallest absolute Gasteiger partial charge is 0.705 e. The average Bonchev–Trinajstić information content (AvgIpc) is 2.91. The molecule has 17 heteroatoms. The van der Waals surface area contributed by atoms with Crippen LogP contribution in [0.5, 0.6) is 0 Å². The standard InChI is InChI=1S/C23H28N6O8S2.Cu/c30-18-14-2-4-16(28(34)22(14)38)20(32)24-6-1-7-25-21(33)17-5-3-15(23(39)29(17)35)19(31)27-9-11-37-13-12-36-10-8-26-18;/h2-5,34-35H,1,6-13H2,(H4,24,25,26,27,30,31,32,33);/q;+2. The predicted molar refractivity (Wildman–Crippen MR) is 134 cm³/mol. The van der Waals surface area contributed by atoms with E-state index in [0.717, 1.165) is 0 Å². The first kappa shape index (κ1) is 32.9. The zero-order valence-corrected chi connectivity index (χ0v) is 23.6. The normalized spacial score (nSPS) is 16.6. The first-order valence-corrected chi connectivity index (χ1v) is 12.7. The summed E-state index contributed by atoms with van der Waals surface area (Å²) in [6.45, 7) is 1.44. The minimum absolute atomic E-state index is 0. The van der Waals surface area contributed by atoms with Crippen molar-refractivity contribution in [2.24, 2.45) is 0 Å². The molecule has 40 heavy (non-hydrogen) atoms. The van der Waals surface area contributed by atoms with E-state index >= 15 is 0 Å². The quantitative estimate of drug-likeness (QED) is 0.0783. The number of carbonyl (C=O) groups excluding carboxylic acids is 4. The van der Waals surface area contributed by atoms with E-state index in [1.54, 1.807) is 0 Å². The van der Waals surface area contributed by atoms with E-state index < -0.39 is 23.6 Å². The zero-order chi connectivity index (χ0) is 28.4. The number of hydrogen-bond acceptors (Lipinski definition) is 10. The Balaban J connectivity index is 0.00000560. The molecule has 3 aliphatic rings. The third-order valence-electron chi connectivity index (χ3n) is 5.43. The summed E-state index contributed by atoms with van der Waals surface area (Å²) in [5, 5.41) is 30.5. The summed E-state index contributed by atoms with van der Waals surface area (Å²) >= 11 is 10.3. The van der Waals surface area contributed by atoms with Crippen molar-refractivity contribution in [2.45, 2.75) is 16.5 Å². The molecule has 6 N–H and O–H groups in total. The molecule has 2 aromatic rings. The van der Waals surface area contributed by atoms with Crippen LogP contribution in [0.1, 0.15) is 48.1 Å². The topological polar surface area (TPSA) is 183 Å². The summed E-state index contributed by atoms with van der Waals surface area (Å²) in [6, 6.07) is 5.20. The fourth-order valence-corrected chi connectivity index (χ4v) is 3.92. The van der Waals surface area contributed by atoms with Gasteiger partial charge in [-0.25, -0.2) is 0 Å². The Labute approximate surface area is 251 Å². The van der Waals surface area contributed by atoms with Crippen molar-refractivity contribution < 1.29 is 65.6 Å².